The summed E-state index contributed by atoms with van der Waals surface area (Å²) in [7, 11) is 0. The highest BCUT2D eigenvalue weighted by Gasteiger charge is 2.59. The zero-order valence-electron chi connectivity index (χ0n) is 24.9. The maximum absolute atomic E-state index is 12.9. The molecular formula is C35H50O4. The summed E-state index contributed by atoms with van der Waals surface area (Å²) in [6, 6.07) is 6.37. The summed E-state index contributed by atoms with van der Waals surface area (Å²) in [5.74, 6) is 3.26. The van der Waals surface area contributed by atoms with Crippen LogP contribution < -0.4 is 0 Å². The summed E-state index contributed by atoms with van der Waals surface area (Å²) < 4.78 is 5.93. The zero-order chi connectivity index (χ0) is 27.9. The molecule has 1 N–H and O–H groups in total. The third-order valence-electron chi connectivity index (χ3n) is 11.9. The number of fused-ring (bicyclic) bond motifs is 5. The second-order valence-corrected chi connectivity index (χ2v) is 14.4. The van der Waals surface area contributed by atoms with E-state index in [-0.39, 0.29) is 22.6 Å². The van der Waals surface area contributed by atoms with Crippen molar-refractivity contribution in [1.29, 1.82) is 0 Å². The minimum atomic E-state index is -1.09. The van der Waals surface area contributed by atoms with Gasteiger partial charge in [-0.1, -0.05) is 77.7 Å². The standard InChI is InChI=1S/C35H50O4/c1-22(2)9-8-10-23(3)29-15-16-30-28-14-13-24-21-25(17-19-34(24,4)31(28)18-20-35(29,30)5)39-33(38)27-12-7-6-11-26(27)32(36)37/h6-7,11-13,22-23,25,28-31H,8-10,14-21H2,1-5H3,(H,36,37)/t23?,25-,28-,29+,30-,31-,34-,35+/m0/s1. The molecule has 214 valence electrons. The van der Waals surface area contributed by atoms with Gasteiger partial charge in [0, 0.05) is 6.42 Å². The van der Waals surface area contributed by atoms with E-state index in [4.69, 9.17) is 4.74 Å². The molecule has 4 aliphatic rings. The van der Waals surface area contributed by atoms with E-state index in [1.54, 1.807) is 18.2 Å². The molecule has 0 heterocycles. The molecular weight excluding hydrogens is 484 g/mol. The van der Waals surface area contributed by atoms with Gasteiger partial charge < -0.3 is 9.84 Å². The number of aromatic carboxylic acids is 1. The highest BCUT2D eigenvalue weighted by atomic mass is 16.5. The number of esters is 1. The van der Waals surface area contributed by atoms with Crippen molar-refractivity contribution < 1.29 is 19.4 Å². The van der Waals surface area contributed by atoms with Crippen LogP contribution in [0.1, 0.15) is 126 Å². The van der Waals surface area contributed by atoms with Crippen LogP contribution >= 0.6 is 0 Å². The van der Waals surface area contributed by atoms with E-state index in [9.17, 15) is 14.7 Å². The first kappa shape index (κ1) is 28.4. The Hall–Kier alpha value is -2.10. The Morgan fingerprint density at radius 1 is 0.974 bits per heavy atom. The van der Waals surface area contributed by atoms with Crippen LogP contribution in [0, 0.1) is 46.3 Å². The molecule has 4 nitrogen and oxygen atoms in total. The van der Waals surface area contributed by atoms with Gasteiger partial charge in [-0.3, -0.25) is 0 Å². The second-order valence-electron chi connectivity index (χ2n) is 14.4. The van der Waals surface area contributed by atoms with Crippen molar-refractivity contribution in [1.82, 2.24) is 0 Å². The topological polar surface area (TPSA) is 63.6 Å². The van der Waals surface area contributed by atoms with Crippen LogP contribution in [0.4, 0.5) is 0 Å². The van der Waals surface area contributed by atoms with E-state index in [1.165, 1.54) is 63.0 Å². The van der Waals surface area contributed by atoms with Crippen LogP contribution in [-0.4, -0.2) is 23.1 Å². The molecule has 1 aromatic carbocycles. The highest BCUT2D eigenvalue weighted by Crippen LogP contribution is 2.67. The van der Waals surface area contributed by atoms with Crippen molar-refractivity contribution in [3.8, 4) is 0 Å². The fraction of sp³-hybridized carbons (Fsp3) is 0.714. The van der Waals surface area contributed by atoms with E-state index >= 15 is 0 Å². The first-order valence-corrected chi connectivity index (χ1v) is 15.8. The monoisotopic (exact) mass is 534 g/mol. The predicted molar refractivity (Wildman–Crippen MR) is 156 cm³/mol. The lowest BCUT2D eigenvalue weighted by molar-refractivity contribution is -0.0594. The van der Waals surface area contributed by atoms with E-state index in [1.807, 2.05) is 0 Å². The van der Waals surface area contributed by atoms with Crippen LogP contribution in [0.3, 0.4) is 0 Å². The second kappa shape index (κ2) is 11.1. The average molecular weight is 535 g/mol. The number of hydrogen-bond acceptors (Lipinski definition) is 3. The number of ether oxygens (including phenoxy) is 1. The van der Waals surface area contributed by atoms with Crippen LogP contribution in [0.2, 0.25) is 0 Å². The van der Waals surface area contributed by atoms with Crippen molar-refractivity contribution in [2.45, 2.75) is 111 Å². The van der Waals surface area contributed by atoms with Crippen LogP contribution in [-0.2, 0) is 4.74 Å². The van der Waals surface area contributed by atoms with Gasteiger partial charge >= 0.3 is 11.9 Å². The molecule has 5 rings (SSSR count). The number of rotatable bonds is 8. The molecule has 8 atom stereocenters. The van der Waals surface area contributed by atoms with Crippen LogP contribution in [0.25, 0.3) is 0 Å². The molecule has 1 unspecified atom stereocenters. The first-order chi connectivity index (χ1) is 18.5. The smallest absolute Gasteiger partial charge is 0.339 e. The van der Waals surface area contributed by atoms with Crippen molar-refractivity contribution in [3.63, 3.8) is 0 Å². The SMILES string of the molecule is CC(C)CCCC(C)[C@H]1CC[C@H]2[C@@H]3CC=C4C[C@@H](OC(=O)c5ccccc5C(=O)O)CC[C@]4(C)[C@H]3CC[C@]12C. The number of hydrogen-bond donors (Lipinski definition) is 1. The molecule has 0 aromatic heterocycles. The summed E-state index contributed by atoms with van der Waals surface area (Å²) in [5.41, 5.74) is 2.34. The van der Waals surface area contributed by atoms with E-state index in [0.29, 0.717) is 5.41 Å². The van der Waals surface area contributed by atoms with Gasteiger partial charge in [0.2, 0.25) is 0 Å². The largest absolute Gasteiger partial charge is 0.478 e. The molecule has 0 amide bonds. The van der Waals surface area contributed by atoms with Gasteiger partial charge in [0.15, 0.2) is 0 Å². The zero-order valence-corrected chi connectivity index (χ0v) is 24.9. The summed E-state index contributed by atoms with van der Waals surface area (Å²) in [4.78, 5) is 24.5. The van der Waals surface area contributed by atoms with Crippen molar-refractivity contribution in [2.75, 3.05) is 0 Å². The maximum atomic E-state index is 12.9. The Morgan fingerprint density at radius 3 is 2.44 bits per heavy atom. The molecule has 0 aliphatic heterocycles. The van der Waals surface area contributed by atoms with Crippen molar-refractivity contribution in [3.05, 3.63) is 47.0 Å². The Morgan fingerprint density at radius 2 is 1.72 bits per heavy atom. The van der Waals surface area contributed by atoms with E-state index < -0.39 is 11.9 Å². The Kier molecular flexibility index (Phi) is 8.06. The first-order valence-electron chi connectivity index (χ1n) is 15.8. The molecule has 3 fully saturated rings. The van der Waals surface area contributed by atoms with Crippen molar-refractivity contribution in [2.24, 2.45) is 46.3 Å². The molecule has 3 saturated carbocycles. The Balaban J connectivity index is 1.26. The molecule has 4 heteroatoms. The van der Waals surface area contributed by atoms with Gasteiger partial charge in [0.25, 0.3) is 0 Å². The van der Waals surface area contributed by atoms with E-state index in [0.717, 1.165) is 54.8 Å². The normalized spacial score (nSPS) is 36.4. The molecule has 0 radical (unpaired) electrons. The predicted octanol–water partition coefficient (Wildman–Crippen LogP) is 8.95. The molecule has 4 aliphatic carbocycles. The summed E-state index contributed by atoms with van der Waals surface area (Å²) in [5, 5.41) is 9.49. The molecule has 0 bridgehead atoms. The lowest BCUT2D eigenvalue weighted by Gasteiger charge is -2.58. The number of benzene rings is 1. The fourth-order valence-electron chi connectivity index (χ4n) is 9.82. The third-order valence-corrected chi connectivity index (χ3v) is 11.9. The van der Waals surface area contributed by atoms with Gasteiger partial charge in [-0.05, 0) is 103 Å². The molecule has 1 aromatic rings. The van der Waals surface area contributed by atoms with E-state index in [2.05, 4.69) is 40.7 Å². The average Bonchev–Trinajstić information content (AvgIpc) is 3.26. The fourth-order valence-corrected chi connectivity index (χ4v) is 9.82. The quantitative estimate of drug-likeness (QED) is 0.267. The Bertz CT molecular complexity index is 1100. The highest BCUT2D eigenvalue weighted by molar-refractivity contribution is 6.02. The summed E-state index contributed by atoms with van der Waals surface area (Å²) in [6.45, 7) is 12.4. The maximum Gasteiger partial charge on any atom is 0.339 e. The van der Waals surface area contributed by atoms with Gasteiger partial charge in [-0.2, -0.15) is 0 Å². The summed E-state index contributed by atoms with van der Waals surface area (Å²) >= 11 is 0. The number of allylic oxidation sites excluding steroid dienone is 1. The third kappa shape index (κ3) is 5.22. The van der Waals surface area contributed by atoms with Gasteiger partial charge in [-0.15, -0.1) is 0 Å². The number of carboxylic acids is 1. The van der Waals surface area contributed by atoms with Crippen LogP contribution in [0.15, 0.2) is 35.9 Å². The Labute approximate surface area is 236 Å². The van der Waals surface area contributed by atoms with Gasteiger partial charge in [-0.25, -0.2) is 9.59 Å². The number of carbonyl (C=O) groups excluding carboxylic acids is 1. The molecule has 0 saturated heterocycles. The van der Waals surface area contributed by atoms with Crippen molar-refractivity contribution >= 4 is 11.9 Å². The van der Waals surface area contributed by atoms with Gasteiger partial charge in [0.1, 0.15) is 6.10 Å². The molecule has 0 spiro atoms. The number of carboxylic acid groups (broad SMARTS) is 1. The number of carbonyl (C=O) groups is 2. The van der Waals surface area contributed by atoms with Gasteiger partial charge in [0.05, 0.1) is 11.1 Å². The minimum absolute atomic E-state index is 0.0113. The molecule has 39 heavy (non-hydrogen) atoms. The summed E-state index contributed by atoms with van der Waals surface area (Å²) in [6.07, 6.45) is 15.9. The lowest BCUT2D eigenvalue weighted by Crippen LogP contribution is -2.51. The minimum Gasteiger partial charge on any atom is -0.478 e. The lowest BCUT2D eigenvalue weighted by atomic mass is 9.47. The van der Waals surface area contributed by atoms with Crippen LogP contribution in [0.5, 0.6) is 0 Å².